The molecular formula is C20H35N5O. The maximum Gasteiger partial charge on any atom is 0.191 e. The first-order chi connectivity index (χ1) is 12.8. The molecule has 0 aliphatic carbocycles. The summed E-state index contributed by atoms with van der Waals surface area (Å²) in [5.74, 6) is 1.75. The number of piperazine rings is 1. The van der Waals surface area contributed by atoms with Gasteiger partial charge < -0.3 is 25.2 Å². The number of likely N-dealkylation sites (N-methyl/N-ethyl adjacent to an activating group) is 1. The molecule has 0 spiro atoms. The first kappa shape index (κ1) is 20.5. The highest BCUT2D eigenvalue weighted by atomic mass is 16.5. The molecule has 6 heteroatoms. The molecule has 0 amide bonds. The lowest BCUT2D eigenvalue weighted by molar-refractivity contribution is 0.136. The van der Waals surface area contributed by atoms with Crippen LogP contribution in [-0.2, 0) is 0 Å². The van der Waals surface area contributed by atoms with Gasteiger partial charge in [0, 0.05) is 39.8 Å². The van der Waals surface area contributed by atoms with Crippen LogP contribution in [0.25, 0.3) is 0 Å². The average Bonchev–Trinajstić information content (AvgIpc) is 2.70. The van der Waals surface area contributed by atoms with Crippen molar-refractivity contribution in [1.29, 1.82) is 0 Å². The summed E-state index contributed by atoms with van der Waals surface area (Å²) >= 11 is 0. The van der Waals surface area contributed by atoms with Crippen LogP contribution in [0.2, 0.25) is 0 Å². The highest BCUT2D eigenvalue weighted by molar-refractivity contribution is 5.79. The number of hydrogen-bond donors (Lipinski definition) is 2. The Morgan fingerprint density at radius 1 is 1.00 bits per heavy atom. The van der Waals surface area contributed by atoms with E-state index in [2.05, 4.69) is 32.3 Å². The minimum absolute atomic E-state index is 0.619. The molecule has 1 aromatic carbocycles. The molecule has 1 aliphatic rings. The number of aliphatic imine (C=N–C) groups is 1. The molecule has 1 aliphatic heterocycles. The lowest BCUT2D eigenvalue weighted by Crippen LogP contribution is -2.46. The Morgan fingerprint density at radius 3 is 2.38 bits per heavy atom. The molecule has 0 radical (unpaired) electrons. The van der Waals surface area contributed by atoms with Gasteiger partial charge in [-0.1, -0.05) is 25.1 Å². The van der Waals surface area contributed by atoms with E-state index in [1.807, 2.05) is 30.3 Å². The first-order valence-corrected chi connectivity index (χ1v) is 9.89. The Hall–Kier alpha value is -1.79. The first-order valence-electron chi connectivity index (χ1n) is 9.89. The zero-order chi connectivity index (χ0) is 18.5. The van der Waals surface area contributed by atoms with E-state index in [4.69, 9.17) is 4.74 Å². The lowest BCUT2D eigenvalue weighted by Gasteiger charge is -2.34. The fourth-order valence-corrected chi connectivity index (χ4v) is 3.07. The number of para-hydroxylation sites is 1. The Morgan fingerprint density at radius 2 is 1.69 bits per heavy atom. The summed E-state index contributed by atoms with van der Waals surface area (Å²) in [5, 5.41) is 6.67. The minimum atomic E-state index is 0.619. The summed E-state index contributed by atoms with van der Waals surface area (Å²) in [6.45, 7) is 11.8. The van der Waals surface area contributed by atoms with E-state index in [0.29, 0.717) is 6.61 Å². The molecule has 1 aromatic rings. The second kappa shape index (κ2) is 12.5. The van der Waals surface area contributed by atoms with E-state index < -0.39 is 0 Å². The molecule has 2 rings (SSSR count). The second-order valence-corrected chi connectivity index (χ2v) is 6.57. The molecule has 0 unspecified atom stereocenters. The van der Waals surface area contributed by atoms with E-state index in [1.54, 1.807) is 7.05 Å². The van der Waals surface area contributed by atoms with Gasteiger partial charge in [0.2, 0.25) is 0 Å². The van der Waals surface area contributed by atoms with Crippen LogP contribution in [-0.4, -0.2) is 81.8 Å². The molecule has 1 saturated heterocycles. The van der Waals surface area contributed by atoms with E-state index in [-0.39, 0.29) is 0 Å². The van der Waals surface area contributed by atoms with Gasteiger partial charge in [0.05, 0.1) is 6.54 Å². The third-order valence-electron chi connectivity index (χ3n) is 4.74. The van der Waals surface area contributed by atoms with Crippen molar-refractivity contribution in [3.8, 4) is 5.75 Å². The van der Waals surface area contributed by atoms with Crippen molar-refractivity contribution in [2.75, 3.05) is 66.0 Å². The van der Waals surface area contributed by atoms with Gasteiger partial charge in [0.15, 0.2) is 5.96 Å². The van der Waals surface area contributed by atoms with E-state index >= 15 is 0 Å². The van der Waals surface area contributed by atoms with Crippen molar-refractivity contribution in [3.63, 3.8) is 0 Å². The highest BCUT2D eigenvalue weighted by Gasteiger charge is 2.14. The summed E-state index contributed by atoms with van der Waals surface area (Å²) < 4.78 is 5.67. The van der Waals surface area contributed by atoms with Crippen LogP contribution in [0, 0.1) is 0 Å². The van der Waals surface area contributed by atoms with E-state index in [1.165, 1.54) is 45.7 Å². The summed E-state index contributed by atoms with van der Waals surface area (Å²) in [4.78, 5) is 9.37. The van der Waals surface area contributed by atoms with Crippen LogP contribution in [0.3, 0.4) is 0 Å². The quantitative estimate of drug-likeness (QED) is 0.377. The standard InChI is InChI=1S/C20H35N5O/c1-3-24-14-16-25(17-15-24)13-8-7-11-22-20(21-2)23-12-18-26-19-9-5-4-6-10-19/h4-6,9-10H,3,7-8,11-18H2,1-2H3,(H2,21,22,23). The zero-order valence-electron chi connectivity index (χ0n) is 16.4. The van der Waals surface area contributed by atoms with Crippen LogP contribution in [0.4, 0.5) is 0 Å². The van der Waals surface area contributed by atoms with Gasteiger partial charge in [0.1, 0.15) is 12.4 Å². The van der Waals surface area contributed by atoms with Gasteiger partial charge in [-0.3, -0.25) is 4.99 Å². The fourth-order valence-electron chi connectivity index (χ4n) is 3.07. The van der Waals surface area contributed by atoms with Crippen molar-refractivity contribution in [3.05, 3.63) is 30.3 Å². The molecule has 26 heavy (non-hydrogen) atoms. The highest BCUT2D eigenvalue weighted by Crippen LogP contribution is 2.07. The fraction of sp³-hybridized carbons (Fsp3) is 0.650. The summed E-state index contributed by atoms with van der Waals surface area (Å²) in [6.07, 6.45) is 2.39. The van der Waals surface area contributed by atoms with Crippen molar-refractivity contribution < 1.29 is 4.74 Å². The topological polar surface area (TPSA) is 52.1 Å². The van der Waals surface area contributed by atoms with E-state index in [9.17, 15) is 0 Å². The third kappa shape index (κ3) is 8.06. The summed E-state index contributed by atoms with van der Waals surface area (Å²) in [6, 6.07) is 9.88. The minimum Gasteiger partial charge on any atom is -0.492 e. The molecule has 146 valence electrons. The molecule has 2 N–H and O–H groups in total. The normalized spacial score (nSPS) is 16.5. The maximum atomic E-state index is 5.67. The largest absolute Gasteiger partial charge is 0.492 e. The van der Waals surface area contributed by atoms with Gasteiger partial charge >= 0.3 is 0 Å². The summed E-state index contributed by atoms with van der Waals surface area (Å²) in [5.41, 5.74) is 0. The van der Waals surface area contributed by atoms with Gasteiger partial charge in [-0.2, -0.15) is 0 Å². The van der Waals surface area contributed by atoms with Crippen LogP contribution in [0.15, 0.2) is 35.3 Å². The van der Waals surface area contributed by atoms with Gasteiger partial charge in [0.25, 0.3) is 0 Å². The molecular weight excluding hydrogens is 326 g/mol. The smallest absolute Gasteiger partial charge is 0.191 e. The Bertz CT molecular complexity index is 500. The molecule has 0 atom stereocenters. The Labute approximate surface area is 158 Å². The second-order valence-electron chi connectivity index (χ2n) is 6.57. The molecule has 0 saturated carbocycles. The van der Waals surface area contributed by atoms with Crippen molar-refractivity contribution >= 4 is 5.96 Å². The summed E-state index contributed by atoms with van der Waals surface area (Å²) in [7, 11) is 1.81. The van der Waals surface area contributed by atoms with Crippen LogP contribution >= 0.6 is 0 Å². The molecule has 0 aromatic heterocycles. The molecule has 1 fully saturated rings. The van der Waals surface area contributed by atoms with Gasteiger partial charge in [-0.05, 0) is 38.1 Å². The number of guanidine groups is 1. The number of ether oxygens (including phenoxy) is 1. The zero-order valence-corrected chi connectivity index (χ0v) is 16.4. The van der Waals surface area contributed by atoms with Crippen molar-refractivity contribution in [2.45, 2.75) is 19.8 Å². The Balaban J connectivity index is 1.47. The van der Waals surface area contributed by atoms with Gasteiger partial charge in [-0.15, -0.1) is 0 Å². The number of unbranched alkanes of at least 4 members (excludes halogenated alkanes) is 1. The monoisotopic (exact) mass is 361 g/mol. The number of benzene rings is 1. The van der Waals surface area contributed by atoms with Crippen molar-refractivity contribution in [1.82, 2.24) is 20.4 Å². The van der Waals surface area contributed by atoms with Gasteiger partial charge in [-0.25, -0.2) is 0 Å². The predicted molar refractivity (Wildman–Crippen MR) is 109 cm³/mol. The average molecular weight is 362 g/mol. The number of nitrogens with one attached hydrogen (secondary N) is 2. The molecule has 1 heterocycles. The predicted octanol–water partition coefficient (Wildman–Crippen LogP) is 1.65. The number of hydrogen-bond acceptors (Lipinski definition) is 4. The van der Waals surface area contributed by atoms with E-state index in [0.717, 1.165) is 31.2 Å². The molecule has 0 bridgehead atoms. The lowest BCUT2D eigenvalue weighted by atomic mass is 10.2. The molecule has 6 nitrogen and oxygen atoms in total. The number of nitrogens with zero attached hydrogens (tertiary/aromatic N) is 3. The third-order valence-corrected chi connectivity index (χ3v) is 4.74. The SMILES string of the molecule is CCN1CCN(CCCCNC(=NC)NCCOc2ccccc2)CC1. The Kier molecular flexibility index (Phi) is 9.90. The van der Waals surface area contributed by atoms with Crippen LogP contribution < -0.4 is 15.4 Å². The van der Waals surface area contributed by atoms with Crippen LogP contribution in [0.5, 0.6) is 5.75 Å². The number of rotatable bonds is 10. The van der Waals surface area contributed by atoms with Crippen molar-refractivity contribution in [2.24, 2.45) is 4.99 Å². The van der Waals surface area contributed by atoms with Crippen LogP contribution in [0.1, 0.15) is 19.8 Å². The maximum absolute atomic E-state index is 5.67.